The van der Waals surface area contributed by atoms with E-state index in [0.29, 0.717) is 0 Å². The molecule has 128 valence electrons. The van der Waals surface area contributed by atoms with Gasteiger partial charge in [-0.25, -0.2) is 0 Å². The number of methoxy groups -OCH3 is 1. The first-order chi connectivity index (χ1) is 11.8. The minimum absolute atomic E-state index is 0.254. The van der Waals surface area contributed by atoms with Gasteiger partial charge in [-0.3, -0.25) is 9.80 Å². The topological polar surface area (TPSA) is 35.9 Å². The van der Waals surface area contributed by atoms with Crippen LogP contribution in [-0.2, 0) is 6.54 Å². The molecule has 0 unspecified atom stereocenters. The summed E-state index contributed by atoms with van der Waals surface area (Å²) >= 11 is 0. The highest BCUT2D eigenvalue weighted by Gasteiger charge is 2.16. The van der Waals surface area contributed by atoms with Crippen molar-refractivity contribution in [2.45, 2.75) is 6.54 Å². The number of hydrogen-bond donors (Lipinski definition) is 1. The van der Waals surface area contributed by atoms with Crippen molar-refractivity contribution in [3.63, 3.8) is 0 Å². The standard InChI is InChI=1S/C20H26N2O2/c1-24-20-5-3-2-4-19(20)18-8-6-17(7-9-18)16-22-12-10-21(11-13-22)14-15-23/h2-9,23H,10-16H2,1H3. The summed E-state index contributed by atoms with van der Waals surface area (Å²) in [6, 6.07) is 16.9. The van der Waals surface area contributed by atoms with Crippen LogP contribution in [0.4, 0.5) is 0 Å². The van der Waals surface area contributed by atoms with Gasteiger partial charge in [0.25, 0.3) is 0 Å². The monoisotopic (exact) mass is 326 g/mol. The number of piperazine rings is 1. The molecular formula is C20H26N2O2. The molecule has 0 spiro atoms. The van der Waals surface area contributed by atoms with Crippen LogP contribution in [0.15, 0.2) is 48.5 Å². The molecule has 4 heteroatoms. The van der Waals surface area contributed by atoms with Gasteiger partial charge in [0, 0.05) is 44.8 Å². The van der Waals surface area contributed by atoms with E-state index >= 15 is 0 Å². The smallest absolute Gasteiger partial charge is 0.126 e. The highest BCUT2D eigenvalue weighted by atomic mass is 16.5. The Morgan fingerprint density at radius 2 is 1.58 bits per heavy atom. The summed E-state index contributed by atoms with van der Waals surface area (Å²) in [5, 5.41) is 9.01. The van der Waals surface area contributed by atoms with Crippen molar-refractivity contribution >= 4 is 0 Å². The number of rotatable bonds is 6. The van der Waals surface area contributed by atoms with E-state index in [0.717, 1.165) is 50.6 Å². The van der Waals surface area contributed by atoms with Gasteiger partial charge < -0.3 is 9.84 Å². The highest BCUT2D eigenvalue weighted by molar-refractivity contribution is 5.70. The average molecular weight is 326 g/mol. The van der Waals surface area contributed by atoms with Crippen molar-refractivity contribution in [2.75, 3.05) is 46.4 Å². The summed E-state index contributed by atoms with van der Waals surface area (Å²) in [6.07, 6.45) is 0. The summed E-state index contributed by atoms with van der Waals surface area (Å²) in [5.74, 6) is 0.908. The summed E-state index contributed by atoms with van der Waals surface area (Å²) in [4.78, 5) is 4.80. The van der Waals surface area contributed by atoms with Gasteiger partial charge >= 0.3 is 0 Å². The van der Waals surface area contributed by atoms with Gasteiger partial charge in [0.2, 0.25) is 0 Å². The molecule has 0 amide bonds. The van der Waals surface area contributed by atoms with E-state index in [4.69, 9.17) is 9.84 Å². The van der Waals surface area contributed by atoms with Gasteiger partial charge in [-0.1, -0.05) is 42.5 Å². The zero-order chi connectivity index (χ0) is 16.8. The molecular weight excluding hydrogens is 300 g/mol. The molecule has 1 heterocycles. The lowest BCUT2D eigenvalue weighted by Crippen LogP contribution is -2.46. The molecule has 4 nitrogen and oxygen atoms in total. The van der Waals surface area contributed by atoms with Gasteiger partial charge in [0.05, 0.1) is 13.7 Å². The van der Waals surface area contributed by atoms with E-state index in [-0.39, 0.29) is 6.61 Å². The van der Waals surface area contributed by atoms with Crippen molar-refractivity contribution in [2.24, 2.45) is 0 Å². The van der Waals surface area contributed by atoms with Crippen LogP contribution in [0.3, 0.4) is 0 Å². The Bertz CT molecular complexity index is 634. The third-order valence-corrected chi connectivity index (χ3v) is 4.66. The molecule has 1 N–H and O–H groups in total. The predicted octanol–water partition coefficient (Wildman–Crippen LogP) is 2.47. The number of hydrogen-bond acceptors (Lipinski definition) is 4. The Labute approximate surface area is 144 Å². The number of para-hydroxylation sites is 1. The number of nitrogens with zero attached hydrogens (tertiary/aromatic N) is 2. The first kappa shape index (κ1) is 17.0. The Kier molecular flexibility index (Phi) is 5.86. The maximum absolute atomic E-state index is 9.01. The predicted molar refractivity (Wildman–Crippen MR) is 97.2 cm³/mol. The maximum Gasteiger partial charge on any atom is 0.126 e. The Hall–Kier alpha value is -1.88. The number of ether oxygens (including phenoxy) is 1. The van der Waals surface area contributed by atoms with Crippen molar-refractivity contribution < 1.29 is 9.84 Å². The lowest BCUT2D eigenvalue weighted by atomic mass is 10.0. The van der Waals surface area contributed by atoms with E-state index in [2.05, 4.69) is 40.1 Å². The van der Waals surface area contributed by atoms with E-state index in [1.807, 2.05) is 18.2 Å². The summed E-state index contributed by atoms with van der Waals surface area (Å²) in [6.45, 7) is 6.24. The molecule has 0 aliphatic carbocycles. The molecule has 24 heavy (non-hydrogen) atoms. The molecule has 0 atom stereocenters. The zero-order valence-corrected chi connectivity index (χ0v) is 14.3. The van der Waals surface area contributed by atoms with Gasteiger partial charge in [0.1, 0.15) is 5.75 Å². The molecule has 2 aromatic rings. The zero-order valence-electron chi connectivity index (χ0n) is 14.3. The van der Waals surface area contributed by atoms with Gasteiger partial charge in [0.15, 0.2) is 0 Å². The number of aliphatic hydroxyl groups excluding tert-OH is 1. The number of aliphatic hydroxyl groups is 1. The summed E-state index contributed by atoms with van der Waals surface area (Å²) in [7, 11) is 1.71. The first-order valence-corrected chi connectivity index (χ1v) is 8.58. The van der Waals surface area contributed by atoms with E-state index < -0.39 is 0 Å². The molecule has 0 radical (unpaired) electrons. The Morgan fingerprint density at radius 3 is 2.25 bits per heavy atom. The largest absolute Gasteiger partial charge is 0.496 e. The Morgan fingerprint density at radius 1 is 0.917 bits per heavy atom. The van der Waals surface area contributed by atoms with Crippen LogP contribution in [0.5, 0.6) is 5.75 Å². The molecule has 0 bridgehead atoms. The van der Waals surface area contributed by atoms with E-state index in [9.17, 15) is 0 Å². The molecule has 0 aromatic heterocycles. The van der Waals surface area contributed by atoms with Crippen LogP contribution < -0.4 is 4.74 Å². The van der Waals surface area contributed by atoms with Crippen LogP contribution in [0.1, 0.15) is 5.56 Å². The minimum Gasteiger partial charge on any atom is -0.496 e. The second-order valence-electron chi connectivity index (χ2n) is 6.24. The van der Waals surface area contributed by atoms with Crippen molar-refractivity contribution in [3.8, 4) is 16.9 Å². The molecule has 1 aliphatic heterocycles. The second kappa shape index (κ2) is 8.29. The van der Waals surface area contributed by atoms with Crippen LogP contribution in [0.25, 0.3) is 11.1 Å². The molecule has 1 aliphatic rings. The lowest BCUT2D eigenvalue weighted by Gasteiger charge is -2.34. The third-order valence-electron chi connectivity index (χ3n) is 4.66. The first-order valence-electron chi connectivity index (χ1n) is 8.58. The van der Waals surface area contributed by atoms with Crippen LogP contribution in [-0.4, -0.2) is 61.3 Å². The second-order valence-corrected chi connectivity index (χ2v) is 6.24. The average Bonchev–Trinajstić information content (AvgIpc) is 2.64. The normalized spacial score (nSPS) is 16.2. The van der Waals surface area contributed by atoms with E-state index in [1.54, 1.807) is 7.11 Å². The minimum atomic E-state index is 0.254. The van der Waals surface area contributed by atoms with Crippen molar-refractivity contribution in [1.82, 2.24) is 9.80 Å². The van der Waals surface area contributed by atoms with E-state index in [1.165, 1.54) is 11.1 Å². The summed E-state index contributed by atoms with van der Waals surface area (Å²) in [5.41, 5.74) is 3.65. The lowest BCUT2D eigenvalue weighted by molar-refractivity contribution is 0.108. The quantitative estimate of drug-likeness (QED) is 0.885. The van der Waals surface area contributed by atoms with Crippen LogP contribution in [0, 0.1) is 0 Å². The number of benzene rings is 2. The summed E-state index contributed by atoms with van der Waals surface area (Å²) < 4.78 is 5.45. The molecule has 0 saturated carbocycles. The SMILES string of the molecule is COc1ccccc1-c1ccc(CN2CCN(CCO)CC2)cc1. The fraction of sp³-hybridized carbons (Fsp3) is 0.400. The fourth-order valence-corrected chi connectivity index (χ4v) is 3.24. The highest BCUT2D eigenvalue weighted by Crippen LogP contribution is 2.29. The molecule has 1 fully saturated rings. The Balaban J connectivity index is 1.61. The number of β-amino-alcohol motifs (C(OH)–C–C–N with tert-alkyl or cyclic N) is 1. The molecule has 3 rings (SSSR count). The van der Waals surface area contributed by atoms with Gasteiger partial charge in [-0.15, -0.1) is 0 Å². The van der Waals surface area contributed by atoms with Gasteiger partial charge in [-0.2, -0.15) is 0 Å². The fourth-order valence-electron chi connectivity index (χ4n) is 3.24. The molecule has 1 saturated heterocycles. The van der Waals surface area contributed by atoms with Crippen LogP contribution >= 0.6 is 0 Å². The van der Waals surface area contributed by atoms with Crippen molar-refractivity contribution in [1.29, 1.82) is 0 Å². The van der Waals surface area contributed by atoms with Crippen LogP contribution in [0.2, 0.25) is 0 Å². The molecule has 2 aromatic carbocycles. The third kappa shape index (κ3) is 4.15. The maximum atomic E-state index is 9.01. The van der Waals surface area contributed by atoms with Gasteiger partial charge in [-0.05, 0) is 17.2 Å². The van der Waals surface area contributed by atoms with Crippen molar-refractivity contribution in [3.05, 3.63) is 54.1 Å².